The van der Waals surface area contributed by atoms with E-state index in [0.29, 0.717) is 28.7 Å². The Kier molecular flexibility index (Phi) is 31.5. The predicted octanol–water partition coefficient (Wildman–Crippen LogP) is 23.4. The smallest absolute Gasteiger partial charge is 0.0134 e. The summed E-state index contributed by atoms with van der Waals surface area (Å²) in [5.41, 5.74) is 20.0. The number of hydrogen-bond acceptors (Lipinski definition) is 6. The van der Waals surface area contributed by atoms with Gasteiger partial charge in [0.05, 0.1) is 23.3 Å². The van der Waals surface area contributed by atoms with Crippen molar-refractivity contribution in [1.82, 2.24) is 0 Å². The van der Waals surface area contributed by atoms with E-state index in [0.717, 1.165) is 91.3 Å². The molecule has 117 heavy (non-hydrogen) atoms. The van der Waals surface area contributed by atoms with E-state index >= 15 is 0 Å². The molecule has 4 saturated carbocycles. The van der Waals surface area contributed by atoms with E-state index in [4.69, 9.17) is 50.0 Å². The van der Waals surface area contributed by atoms with Crippen molar-refractivity contribution in [3.63, 3.8) is 0 Å². The number of aliphatic imine (C=N–C) groups is 2. The van der Waals surface area contributed by atoms with E-state index in [9.17, 15) is 8.78 Å². The number of methoxy groups -OCH3 is 2. The SMILES string of the molecule is CCC[CH2][Sn]([C]#CC1CC1)([CH2]CCC)[CH2]CCC.COC1CCC2(CC1)Cc1ccc(Br)cc1C21N=C(N)c2c(F)cccc21.COC1CCC2(CC1)Cc1ccc(C#CC3CC3)cc1C21N=C(N)c2c(F)cccc21.[Cl][Pd][Cl].c1ccc(P(c2ccccc2)c2ccccc2)cc1.c1ccc(P(c2ccccc2)c2ccccc2)cc1. The van der Waals surface area contributed by atoms with Gasteiger partial charge in [-0.05, 0) is 194 Å². The quantitative estimate of drug-likeness (QED) is 0.0539. The summed E-state index contributed by atoms with van der Waals surface area (Å²) < 4.78 is 50.5. The van der Waals surface area contributed by atoms with Gasteiger partial charge in [-0.3, -0.25) is 9.98 Å². The van der Waals surface area contributed by atoms with Gasteiger partial charge in [0.25, 0.3) is 0 Å². The van der Waals surface area contributed by atoms with Crippen molar-refractivity contribution in [2.45, 2.75) is 186 Å². The normalized spacial score (nSPS) is 21.3. The molecule has 0 amide bonds. The summed E-state index contributed by atoms with van der Waals surface area (Å²) >= 11 is 1.45. The van der Waals surface area contributed by atoms with Crippen LogP contribution in [-0.4, -0.2) is 56.5 Å². The first-order valence-corrected chi connectivity index (χ1v) is 57.2. The van der Waals surface area contributed by atoms with Crippen molar-refractivity contribution in [3.8, 4) is 21.7 Å². The molecule has 4 fully saturated rings. The number of fused-ring (bicyclic) bond motifs is 10. The fourth-order valence-electron chi connectivity index (χ4n) is 18.9. The monoisotopic (exact) mass is 1900 g/mol. The molecule has 0 aromatic heterocycles. The van der Waals surface area contributed by atoms with Crippen molar-refractivity contribution < 1.29 is 34.2 Å². The molecular formula is C102H111BrCl2F2N4O2P2PdSn. The summed E-state index contributed by atoms with van der Waals surface area (Å²) in [4.78, 5) is 10.2. The molecule has 10 aromatic rings. The first-order valence-electron chi connectivity index (χ1n) is 42.2. The molecule has 2 unspecified atom stereocenters. The van der Waals surface area contributed by atoms with Gasteiger partial charge in [0.2, 0.25) is 0 Å². The molecule has 2 atom stereocenters. The second-order valence-corrected chi connectivity index (χ2v) is 52.6. The van der Waals surface area contributed by atoms with Gasteiger partial charge in [0.15, 0.2) is 0 Å². The number of halogens is 5. The fourth-order valence-corrected chi connectivity index (χ4v) is 37.4. The van der Waals surface area contributed by atoms with Gasteiger partial charge in [0.1, 0.15) is 34.4 Å². The number of rotatable bonds is 17. The molecule has 2 heterocycles. The fraction of sp³-hybridized carbons (Fsp3) is 0.353. The largest absolute Gasteiger partial charge is 0.0622 e. The number of amidine groups is 2. The van der Waals surface area contributed by atoms with E-state index in [1.165, 1.54) is 130 Å². The predicted molar refractivity (Wildman–Crippen MR) is 494 cm³/mol. The molecule has 610 valence electrons. The first kappa shape index (κ1) is 88.2. The van der Waals surface area contributed by atoms with Crippen LogP contribution in [0.4, 0.5) is 8.78 Å². The summed E-state index contributed by atoms with van der Waals surface area (Å²) in [5, 5.41) is 8.39. The van der Waals surface area contributed by atoms with Gasteiger partial charge in [-0.1, -0.05) is 246 Å². The Balaban J connectivity index is 0.000000128. The van der Waals surface area contributed by atoms with Crippen LogP contribution < -0.4 is 43.3 Å². The summed E-state index contributed by atoms with van der Waals surface area (Å²) in [7, 11) is 12.3. The molecule has 18 rings (SSSR count). The molecule has 10 aromatic carbocycles. The summed E-state index contributed by atoms with van der Waals surface area (Å²) in [6, 6.07) is 88.2. The van der Waals surface area contributed by atoms with E-state index in [1.54, 1.807) is 39.7 Å². The minimum atomic E-state index is -2.07. The Morgan fingerprint density at radius 1 is 0.444 bits per heavy atom. The molecule has 2 aliphatic heterocycles. The Morgan fingerprint density at radius 3 is 1.11 bits per heavy atom. The molecule has 6 aliphatic carbocycles. The average Bonchev–Trinajstić information content (AvgIpc) is 1.52. The van der Waals surface area contributed by atoms with E-state index in [-0.39, 0.29) is 50.6 Å². The van der Waals surface area contributed by atoms with E-state index in [2.05, 4.69) is 277 Å². The Bertz CT molecular complexity index is 4780. The molecule has 0 radical (unpaired) electrons. The molecule has 6 nitrogen and oxygen atoms in total. The number of nitrogens with zero attached hydrogens (tertiary/aromatic N) is 2. The minimum Gasteiger partial charge on any atom is -0.0622 e. The summed E-state index contributed by atoms with van der Waals surface area (Å²) in [5.74, 6) is 11.9. The third-order valence-corrected chi connectivity index (χ3v) is 43.7. The number of ether oxygens (including phenoxy) is 2. The van der Waals surface area contributed by atoms with Gasteiger partial charge in [0, 0.05) is 41.0 Å². The second-order valence-electron chi connectivity index (χ2n) is 32.6. The van der Waals surface area contributed by atoms with E-state index < -0.39 is 45.3 Å². The van der Waals surface area contributed by atoms with Crippen molar-refractivity contribution in [2.75, 3.05) is 14.2 Å². The minimum absolute atomic E-state index is 0.0885. The van der Waals surface area contributed by atoms with Crippen LogP contribution >= 0.6 is 50.8 Å². The standard InChI is InChI=1S/C27H27FN2O.C22H22BrFN2O.2C18H15P.C5H5.3C4H9.2ClH.Pd.Sn/c1-31-20-11-13-26(14-12-20)16-19-10-9-18(8-7-17-5-6-17)15-22(19)27(26)21-3-2-4-23(28)24(21)25(29)30-27;1-27-15-7-9-21(10-8-15)12-13-5-6-14(23)11-17(13)22(21)16-3-2-4-18(24)19(16)20(25)26-22;2*1-4-10-16(11-5-1)19(17-12-6-2-7-13-17)18-14-8-3-9-15-18;1-2-5-3-4-5;3*1-3-4-2;;;;/h2-4,9-10,15,17,20H,5-6,11-14,16H2,1H3,(H2,29,30);2-6,11,15H,7-10,12H2,1H3,(H2,25,26);2*1-15H;5H,3-4H2;3*1,3-4H2,2H3;2*1H;;/q;;;;;;;;;;+2;/p-2. The third kappa shape index (κ3) is 20.3. The van der Waals surface area contributed by atoms with Crippen molar-refractivity contribution in [2.24, 2.45) is 44.1 Å². The number of benzene rings is 10. The molecule has 4 N–H and O–H groups in total. The van der Waals surface area contributed by atoms with Crippen molar-refractivity contribution in [1.29, 1.82) is 0 Å². The molecule has 0 saturated heterocycles. The number of unbranched alkanes of at least 4 members (excludes halogenated alkanes) is 3. The zero-order valence-electron chi connectivity index (χ0n) is 68.3. The number of nitrogens with two attached hydrogens (primary N) is 2. The van der Waals surface area contributed by atoms with Crippen LogP contribution in [0.15, 0.2) is 269 Å². The summed E-state index contributed by atoms with van der Waals surface area (Å²) in [6.07, 6.45) is 24.0. The number of hydrogen-bond donors (Lipinski definition) is 2. The Morgan fingerprint density at radius 2 is 0.778 bits per heavy atom. The van der Waals surface area contributed by atoms with E-state index in [1.807, 2.05) is 12.1 Å². The van der Waals surface area contributed by atoms with Gasteiger partial charge in [-0.25, -0.2) is 8.78 Å². The van der Waals surface area contributed by atoms with Gasteiger partial charge >= 0.3 is 155 Å². The molecule has 15 heteroatoms. The Labute approximate surface area is 727 Å². The van der Waals surface area contributed by atoms with Crippen LogP contribution in [0.5, 0.6) is 0 Å². The maximum atomic E-state index is 14.9. The van der Waals surface area contributed by atoms with Crippen molar-refractivity contribution >= 4 is 113 Å². The van der Waals surface area contributed by atoms with Crippen LogP contribution in [-0.2, 0) is 49.3 Å². The second kappa shape index (κ2) is 41.8. The molecule has 4 spiro atoms. The first-order chi connectivity index (χ1) is 57.1. The molecule has 8 aliphatic rings. The van der Waals surface area contributed by atoms with Crippen molar-refractivity contribution in [3.05, 3.63) is 321 Å². The van der Waals surface area contributed by atoms with Gasteiger partial charge in [-0.2, -0.15) is 0 Å². The van der Waals surface area contributed by atoms with Gasteiger partial charge in [-0.15, -0.1) is 0 Å². The third-order valence-electron chi connectivity index (χ3n) is 25.1. The molecule has 0 bridgehead atoms. The maximum Gasteiger partial charge on any atom is -0.0134 e. The van der Waals surface area contributed by atoms with Crippen LogP contribution in [0, 0.1) is 56.0 Å². The zero-order chi connectivity index (χ0) is 81.8. The molecular weight excluding hydrogens is 1790 g/mol. The van der Waals surface area contributed by atoms with Crippen LogP contribution in [0.1, 0.15) is 186 Å². The topological polar surface area (TPSA) is 95.2 Å². The summed E-state index contributed by atoms with van der Waals surface area (Å²) in [6.45, 7) is 7.01. The van der Waals surface area contributed by atoms with Crippen LogP contribution in [0.3, 0.4) is 0 Å². The maximum absolute atomic E-state index is 14.9. The van der Waals surface area contributed by atoms with Crippen LogP contribution in [0.25, 0.3) is 0 Å². The Hall–Kier alpha value is -6.58. The average molecular weight is 1900 g/mol. The zero-order valence-corrected chi connectivity index (χ0v) is 77.6. The van der Waals surface area contributed by atoms with Crippen LogP contribution in [0.2, 0.25) is 13.3 Å². The van der Waals surface area contributed by atoms with Gasteiger partial charge < -0.3 is 20.9 Å².